The topological polar surface area (TPSA) is 21.3 Å². The Morgan fingerprint density at radius 3 is 2.47 bits per heavy atom. The van der Waals surface area contributed by atoms with E-state index >= 15 is 0 Å². The maximum Gasteiger partial charge on any atom is 0.147 e. The van der Waals surface area contributed by atoms with E-state index in [1.165, 1.54) is 0 Å². The molecule has 0 heterocycles. The second-order valence-corrected chi connectivity index (χ2v) is 5.31. The summed E-state index contributed by atoms with van der Waals surface area (Å²) in [4.78, 5) is 0. The lowest BCUT2D eigenvalue weighted by Crippen LogP contribution is -2.13. The third-order valence-electron chi connectivity index (χ3n) is 2.14. The first-order valence-electron chi connectivity index (χ1n) is 5.56. The Bertz CT molecular complexity index is 337. The van der Waals surface area contributed by atoms with Crippen LogP contribution in [0, 0.1) is 0 Å². The van der Waals surface area contributed by atoms with E-state index in [-0.39, 0.29) is 6.61 Å². The molecule has 0 aliphatic carbocycles. The van der Waals surface area contributed by atoms with Crippen LogP contribution in [0.3, 0.4) is 0 Å². The summed E-state index contributed by atoms with van der Waals surface area (Å²) in [6.07, 6.45) is 1.11. The number of nitrogens with one attached hydrogen (secondary N) is 1. The molecule has 0 spiro atoms. The van der Waals surface area contributed by atoms with Crippen molar-refractivity contribution in [2.75, 3.05) is 19.8 Å². The Kier molecular flexibility index (Phi) is 7.08. The average molecular weight is 369 g/mol. The molecule has 0 saturated heterocycles. The predicted octanol–water partition coefficient (Wildman–Crippen LogP) is 4.06. The van der Waals surface area contributed by atoms with Crippen LogP contribution in [0.25, 0.3) is 0 Å². The lowest BCUT2D eigenvalue weighted by atomic mass is 10.2. The van der Waals surface area contributed by atoms with Gasteiger partial charge in [-0.25, -0.2) is 4.39 Å². The zero-order valence-corrected chi connectivity index (χ0v) is 12.9. The van der Waals surface area contributed by atoms with Gasteiger partial charge in [0, 0.05) is 6.54 Å². The van der Waals surface area contributed by atoms with Crippen LogP contribution in [-0.2, 0) is 6.54 Å². The van der Waals surface area contributed by atoms with Crippen molar-refractivity contribution in [1.29, 1.82) is 0 Å². The number of halogens is 3. The number of hydrogen-bond acceptors (Lipinski definition) is 2. The summed E-state index contributed by atoms with van der Waals surface area (Å²) in [5.41, 5.74) is 1.16. The van der Waals surface area contributed by atoms with E-state index in [9.17, 15) is 4.39 Å². The Morgan fingerprint density at radius 2 is 1.94 bits per heavy atom. The van der Waals surface area contributed by atoms with Crippen molar-refractivity contribution in [2.24, 2.45) is 0 Å². The van der Waals surface area contributed by atoms with Gasteiger partial charge in [0.1, 0.15) is 19.0 Å². The molecule has 1 aromatic rings. The Labute approximate surface area is 118 Å². The first kappa shape index (κ1) is 14.9. The summed E-state index contributed by atoms with van der Waals surface area (Å²) < 4.78 is 19.1. The minimum absolute atomic E-state index is 0.0740. The molecule has 96 valence electrons. The molecule has 1 N–H and O–H groups in total. The van der Waals surface area contributed by atoms with Gasteiger partial charge in [0.15, 0.2) is 0 Å². The van der Waals surface area contributed by atoms with Crippen LogP contribution in [0.5, 0.6) is 5.75 Å². The van der Waals surface area contributed by atoms with Crippen LogP contribution in [0.4, 0.5) is 4.39 Å². The molecule has 0 aromatic heterocycles. The molecule has 0 saturated carbocycles. The number of hydrogen-bond donors (Lipinski definition) is 1. The van der Waals surface area contributed by atoms with Crippen molar-refractivity contribution >= 4 is 31.9 Å². The highest BCUT2D eigenvalue weighted by Gasteiger charge is 2.08. The van der Waals surface area contributed by atoms with Gasteiger partial charge in [0.05, 0.1) is 8.95 Å². The van der Waals surface area contributed by atoms with E-state index in [2.05, 4.69) is 44.1 Å². The lowest BCUT2D eigenvalue weighted by molar-refractivity contribution is 0.270. The number of ether oxygens (including phenoxy) is 1. The van der Waals surface area contributed by atoms with E-state index in [4.69, 9.17) is 4.74 Å². The fraction of sp³-hybridized carbons (Fsp3) is 0.500. The number of benzene rings is 1. The van der Waals surface area contributed by atoms with E-state index in [0.717, 1.165) is 34.0 Å². The lowest BCUT2D eigenvalue weighted by Gasteiger charge is -2.11. The Hall–Kier alpha value is -0.130. The van der Waals surface area contributed by atoms with Crippen molar-refractivity contribution in [1.82, 2.24) is 5.32 Å². The van der Waals surface area contributed by atoms with Gasteiger partial charge >= 0.3 is 0 Å². The third kappa shape index (κ3) is 4.94. The second kappa shape index (κ2) is 8.06. The predicted molar refractivity (Wildman–Crippen MR) is 75.3 cm³/mol. The molecule has 0 amide bonds. The summed E-state index contributed by atoms with van der Waals surface area (Å²) in [6, 6.07) is 3.97. The Morgan fingerprint density at radius 1 is 1.29 bits per heavy atom. The van der Waals surface area contributed by atoms with Gasteiger partial charge in [-0.05, 0) is 62.5 Å². The molecular weight excluding hydrogens is 353 g/mol. The largest absolute Gasteiger partial charge is 0.488 e. The zero-order chi connectivity index (χ0) is 12.7. The highest BCUT2D eigenvalue weighted by Crippen LogP contribution is 2.34. The highest BCUT2D eigenvalue weighted by atomic mass is 79.9. The maximum atomic E-state index is 12.1. The molecule has 0 atom stereocenters. The van der Waals surface area contributed by atoms with Crippen LogP contribution < -0.4 is 10.1 Å². The van der Waals surface area contributed by atoms with Gasteiger partial charge in [-0.2, -0.15) is 0 Å². The molecule has 0 fully saturated rings. The van der Waals surface area contributed by atoms with E-state index in [1.54, 1.807) is 0 Å². The fourth-order valence-electron chi connectivity index (χ4n) is 1.40. The van der Waals surface area contributed by atoms with Crippen molar-refractivity contribution < 1.29 is 9.13 Å². The second-order valence-electron chi connectivity index (χ2n) is 3.60. The molecule has 1 rings (SSSR count). The van der Waals surface area contributed by atoms with Crippen LogP contribution >= 0.6 is 31.9 Å². The number of rotatable bonds is 7. The van der Waals surface area contributed by atoms with Gasteiger partial charge in [-0.3, -0.25) is 0 Å². The van der Waals surface area contributed by atoms with E-state index in [0.29, 0.717) is 5.75 Å². The SMILES string of the molecule is CCCNCc1cc(Br)c(OCCF)c(Br)c1. The van der Waals surface area contributed by atoms with Gasteiger partial charge in [0.25, 0.3) is 0 Å². The highest BCUT2D eigenvalue weighted by molar-refractivity contribution is 9.11. The van der Waals surface area contributed by atoms with Gasteiger partial charge in [-0.1, -0.05) is 6.92 Å². The zero-order valence-electron chi connectivity index (χ0n) is 9.73. The summed E-state index contributed by atoms with van der Waals surface area (Å²) >= 11 is 6.86. The molecule has 1 aromatic carbocycles. The summed E-state index contributed by atoms with van der Waals surface area (Å²) in [5, 5.41) is 3.33. The molecule has 0 bridgehead atoms. The van der Waals surface area contributed by atoms with Crippen molar-refractivity contribution in [3.63, 3.8) is 0 Å². The summed E-state index contributed by atoms with van der Waals surface area (Å²) in [6.45, 7) is 3.53. The van der Waals surface area contributed by atoms with E-state index < -0.39 is 6.67 Å². The maximum absolute atomic E-state index is 12.1. The summed E-state index contributed by atoms with van der Waals surface area (Å²) in [7, 11) is 0. The molecule has 5 heteroatoms. The quantitative estimate of drug-likeness (QED) is 0.733. The molecule has 0 radical (unpaired) electrons. The number of alkyl halides is 1. The molecule has 0 aliphatic rings. The van der Waals surface area contributed by atoms with Crippen LogP contribution in [0.1, 0.15) is 18.9 Å². The molecule has 2 nitrogen and oxygen atoms in total. The third-order valence-corrected chi connectivity index (χ3v) is 3.32. The van der Waals surface area contributed by atoms with Gasteiger partial charge in [0.2, 0.25) is 0 Å². The van der Waals surface area contributed by atoms with Crippen LogP contribution in [0.15, 0.2) is 21.1 Å². The molecular formula is C12H16Br2FNO. The summed E-state index contributed by atoms with van der Waals surface area (Å²) in [5.74, 6) is 0.655. The fourth-order valence-corrected chi connectivity index (χ4v) is 2.91. The monoisotopic (exact) mass is 367 g/mol. The van der Waals surface area contributed by atoms with Crippen LogP contribution in [-0.4, -0.2) is 19.8 Å². The minimum atomic E-state index is -0.487. The van der Waals surface area contributed by atoms with Crippen molar-refractivity contribution in [3.8, 4) is 5.75 Å². The Balaban J connectivity index is 2.71. The normalized spacial score (nSPS) is 10.6. The van der Waals surface area contributed by atoms with Crippen molar-refractivity contribution in [2.45, 2.75) is 19.9 Å². The van der Waals surface area contributed by atoms with Crippen LogP contribution in [0.2, 0.25) is 0 Å². The molecule has 0 aliphatic heterocycles. The standard InChI is InChI=1S/C12H16Br2FNO/c1-2-4-16-8-9-6-10(13)12(11(14)7-9)17-5-3-15/h6-7,16H,2-5,8H2,1H3. The van der Waals surface area contributed by atoms with Gasteiger partial charge < -0.3 is 10.1 Å². The first-order valence-corrected chi connectivity index (χ1v) is 7.15. The smallest absolute Gasteiger partial charge is 0.147 e. The first-order chi connectivity index (χ1) is 8.19. The molecule has 17 heavy (non-hydrogen) atoms. The van der Waals surface area contributed by atoms with E-state index in [1.807, 2.05) is 12.1 Å². The molecule has 0 unspecified atom stereocenters. The average Bonchev–Trinajstić information content (AvgIpc) is 2.28. The van der Waals surface area contributed by atoms with Gasteiger partial charge in [-0.15, -0.1) is 0 Å². The van der Waals surface area contributed by atoms with Crippen molar-refractivity contribution in [3.05, 3.63) is 26.6 Å². The minimum Gasteiger partial charge on any atom is -0.488 e.